The van der Waals surface area contributed by atoms with Gasteiger partial charge in [0.15, 0.2) is 0 Å². The van der Waals surface area contributed by atoms with E-state index in [-0.39, 0.29) is 5.91 Å². The second-order valence-corrected chi connectivity index (χ2v) is 7.01. The number of amides is 1. The minimum atomic E-state index is -0.266. The van der Waals surface area contributed by atoms with Gasteiger partial charge in [-0.2, -0.15) is 5.10 Å². The fraction of sp³-hybridized carbons (Fsp3) is 0.111. The number of rotatable bonds is 5. The zero-order valence-corrected chi connectivity index (χ0v) is 15.7. The van der Waals surface area contributed by atoms with Gasteiger partial charge in [0.1, 0.15) is 0 Å². The number of anilines is 1. The van der Waals surface area contributed by atoms with E-state index < -0.39 is 0 Å². The fourth-order valence-electron chi connectivity index (χ4n) is 2.32. The summed E-state index contributed by atoms with van der Waals surface area (Å²) < 4.78 is 1.72. The average molecular weight is 392 g/mol. The summed E-state index contributed by atoms with van der Waals surface area (Å²) in [5.41, 5.74) is 2.00. The molecule has 0 fully saturated rings. The molecule has 1 N–H and O–H groups in total. The quantitative estimate of drug-likeness (QED) is 0.606. The molecule has 25 heavy (non-hydrogen) atoms. The minimum absolute atomic E-state index is 0.266. The van der Waals surface area contributed by atoms with E-state index in [4.69, 9.17) is 23.2 Å². The third-order valence-electron chi connectivity index (χ3n) is 3.60. The molecular weight excluding hydrogens is 377 g/mol. The van der Waals surface area contributed by atoms with Crippen LogP contribution in [-0.4, -0.2) is 21.9 Å². The van der Waals surface area contributed by atoms with Crippen molar-refractivity contribution >= 4 is 46.6 Å². The molecule has 0 saturated carbocycles. The molecule has 0 aliphatic heterocycles. The van der Waals surface area contributed by atoms with Crippen LogP contribution in [0.25, 0.3) is 0 Å². The number of hydrogen-bond donors (Lipinski definition) is 1. The first-order chi connectivity index (χ1) is 12.1. The molecule has 0 unspecified atom stereocenters. The first kappa shape index (κ1) is 17.9. The molecule has 0 spiro atoms. The van der Waals surface area contributed by atoms with Crippen LogP contribution in [0.15, 0.2) is 59.8 Å². The third-order valence-corrected chi connectivity index (χ3v) is 5.02. The zero-order valence-electron chi connectivity index (χ0n) is 13.4. The van der Waals surface area contributed by atoms with Crippen LogP contribution in [-0.2, 0) is 6.54 Å². The zero-order chi connectivity index (χ0) is 17.8. The minimum Gasteiger partial charge on any atom is -0.319 e. The maximum atomic E-state index is 12.5. The molecule has 3 rings (SSSR count). The van der Waals surface area contributed by atoms with Crippen LogP contribution in [0.4, 0.5) is 5.69 Å². The lowest BCUT2D eigenvalue weighted by Gasteiger charge is -2.06. The van der Waals surface area contributed by atoms with Gasteiger partial charge in [-0.05, 0) is 36.1 Å². The molecule has 3 aromatic rings. The molecule has 1 aromatic heterocycles. The number of carbonyl (C=O) groups is 1. The van der Waals surface area contributed by atoms with Gasteiger partial charge in [0.05, 0.1) is 29.0 Å². The smallest absolute Gasteiger partial charge is 0.257 e. The van der Waals surface area contributed by atoms with Gasteiger partial charge in [0.25, 0.3) is 5.91 Å². The van der Waals surface area contributed by atoms with Crippen molar-refractivity contribution in [2.75, 3.05) is 11.6 Å². The summed E-state index contributed by atoms with van der Waals surface area (Å²) in [6.45, 7) is 0.526. The molecule has 4 nitrogen and oxygen atoms in total. The molecule has 128 valence electrons. The van der Waals surface area contributed by atoms with Crippen LogP contribution in [0.1, 0.15) is 15.9 Å². The summed E-state index contributed by atoms with van der Waals surface area (Å²) in [5, 5.41) is 8.18. The van der Waals surface area contributed by atoms with Crippen molar-refractivity contribution in [1.82, 2.24) is 9.78 Å². The maximum Gasteiger partial charge on any atom is 0.257 e. The lowest BCUT2D eigenvalue weighted by atomic mass is 10.2. The maximum absolute atomic E-state index is 12.5. The van der Waals surface area contributed by atoms with E-state index in [1.165, 1.54) is 0 Å². The number of hydrogen-bond acceptors (Lipinski definition) is 3. The molecule has 0 aliphatic carbocycles. The van der Waals surface area contributed by atoms with Gasteiger partial charge in [0.2, 0.25) is 0 Å². The van der Waals surface area contributed by atoms with Crippen LogP contribution in [0, 0.1) is 0 Å². The highest BCUT2D eigenvalue weighted by atomic mass is 35.5. The predicted octanol–water partition coefficient (Wildman–Crippen LogP) is 5.21. The van der Waals surface area contributed by atoms with Crippen molar-refractivity contribution in [1.29, 1.82) is 0 Å². The average Bonchev–Trinajstić information content (AvgIpc) is 3.04. The Morgan fingerprint density at radius 3 is 2.76 bits per heavy atom. The molecule has 0 saturated heterocycles. The van der Waals surface area contributed by atoms with Crippen molar-refractivity contribution < 1.29 is 4.79 Å². The number of benzene rings is 2. The number of nitrogens with zero attached hydrogens (tertiary/aromatic N) is 2. The Hall–Kier alpha value is -1.95. The number of thioether (sulfide) groups is 1. The van der Waals surface area contributed by atoms with Crippen molar-refractivity contribution in [3.63, 3.8) is 0 Å². The molecule has 1 amide bonds. The van der Waals surface area contributed by atoms with E-state index in [0.717, 1.165) is 10.5 Å². The van der Waals surface area contributed by atoms with Gasteiger partial charge in [-0.1, -0.05) is 41.4 Å². The molecular formula is C18H15Cl2N3OS. The summed E-state index contributed by atoms with van der Waals surface area (Å²) in [6, 6.07) is 13.0. The first-order valence-electron chi connectivity index (χ1n) is 7.47. The van der Waals surface area contributed by atoms with Gasteiger partial charge in [-0.3, -0.25) is 9.48 Å². The third kappa shape index (κ3) is 4.37. The van der Waals surface area contributed by atoms with E-state index in [2.05, 4.69) is 10.4 Å². The topological polar surface area (TPSA) is 46.9 Å². The summed E-state index contributed by atoms with van der Waals surface area (Å²) in [4.78, 5) is 13.4. The summed E-state index contributed by atoms with van der Waals surface area (Å²) >= 11 is 13.9. The van der Waals surface area contributed by atoms with Crippen LogP contribution in [0.3, 0.4) is 0 Å². The molecule has 0 bridgehead atoms. The van der Waals surface area contributed by atoms with E-state index in [0.29, 0.717) is 27.8 Å². The van der Waals surface area contributed by atoms with Crippen molar-refractivity contribution in [3.8, 4) is 0 Å². The van der Waals surface area contributed by atoms with Crippen molar-refractivity contribution in [3.05, 3.63) is 76.0 Å². The molecule has 0 radical (unpaired) electrons. The summed E-state index contributed by atoms with van der Waals surface area (Å²) in [6.07, 6.45) is 5.30. The summed E-state index contributed by atoms with van der Waals surface area (Å²) in [5.74, 6) is -0.266. The van der Waals surface area contributed by atoms with Gasteiger partial charge in [-0.15, -0.1) is 11.8 Å². The van der Waals surface area contributed by atoms with Crippen LogP contribution >= 0.6 is 35.0 Å². The first-order valence-corrected chi connectivity index (χ1v) is 9.45. The Kier molecular flexibility index (Phi) is 5.68. The van der Waals surface area contributed by atoms with E-state index in [1.807, 2.05) is 36.6 Å². The van der Waals surface area contributed by atoms with Gasteiger partial charge in [-0.25, -0.2) is 0 Å². The molecule has 7 heteroatoms. The lowest BCUT2D eigenvalue weighted by molar-refractivity contribution is 0.102. The van der Waals surface area contributed by atoms with Crippen molar-refractivity contribution in [2.45, 2.75) is 11.4 Å². The van der Waals surface area contributed by atoms with Gasteiger partial charge < -0.3 is 5.32 Å². The molecule has 0 aliphatic rings. The summed E-state index contributed by atoms with van der Waals surface area (Å²) in [7, 11) is 0. The van der Waals surface area contributed by atoms with Crippen LogP contribution < -0.4 is 5.32 Å². The second-order valence-electron chi connectivity index (χ2n) is 5.32. The van der Waals surface area contributed by atoms with E-state index >= 15 is 0 Å². The van der Waals surface area contributed by atoms with E-state index in [9.17, 15) is 4.79 Å². The Labute approximate surface area is 160 Å². The predicted molar refractivity (Wildman–Crippen MR) is 104 cm³/mol. The number of halogens is 2. The van der Waals surface area contributed by atoms with Crippen molar-refractivity contribution in [2.24, 2.45) is 0 Å². The molecule has 0 atom stereocenters. The fourth-order valence-corrected chi connectivity index (χ4v) is 3.16. The lowest BCUT2D eigenvalue weighted by Crippen LogP contribution is -2.12. The highest BCUT2D eigenvalue weighted by Gasteiger charge is 2.13. The highest BCUT2D eigenvalue weighted by Crippen LogP contribution is 2.24. The Balaban J connectivity index is 1.73. The van der Waals surface area contributed by atoms with Gasteiger partial charge in [0, 0.05) is 16.1 Å². The Morgan fingerprint density at radius 2 is 2.00 bits per heavy atom. The number of aromatic nitrogens is 2. The highest BCUT2D eigenvalue weighted by molar-refractivity contribution is 7.98. The normalized spacial score (nSPS) is 10.7. The SMILES string of the molecule is CSc1ccc(Cl)c(C(=O)Nc2cnn(Cc3ccccc3Cl)c2)c1. The standard InChI is InChI=1S/C18H15Cl2N3OS/c1-25-14-6-7-17(20)15(8-14)18(24)22-13-9-21-23(11-13)10-12-4-2-3-5-16(12)19/h2-9,11H,10H2,1H3,(H,22,24). The molecule has 2 aromatic carbocycles. The second kappa shape index (κ2) is 7.95. The number of nitrogens with one attached hydrogen (secondary N) is 1. The Bertz CT molecular complexity index is 911. The monoisotopic (exact) mass is 391 g/mol. The van der Waals surface area contributed by atoms with Gasteiger partial charge >= 0.3 is 0 Å². The van der Waals surface area contributed by atoms with E-state index in [1.54, 1.807) is 41.0 Å². The van der Waals surface area contributed by atoms with Crippen LogP contribution in [0.2, 0.25) is 10.0 Å². The molecule has 1 heterocycles. The van der Waals surface area contributed by atoms with Crippen LogP contribution in [0.5, 0.6) is 0 Å². The largest absolute Gasteiger partial charge is 0.319 e. The Morgan fingerprint density at radius 1 is 1.20 bits per heavy atom. The number of carbonyl (C=O) groups excluding carboxylic acids is 1.